The first-order valence-corrected chi connectivity index (χ1v) is 32.5. The van der Waals surface area contributed by atoms with E-state index in [2.05, 4.69) is 19.2 Å². The number of likely N-dealkylation sites (N-methyl/N-ethyl adjacent to an activating group) is 1. The molecule has 9 heteroatoms. The van der Waals surface area contributed by atoms with Crippen molar-refractivity contribution in [2.75, 3.05) is 40.9 Å². The number of aliphatic hydroxyl groups excluding tert-OH is 1. The SMILES string of the molecule is CCCCCCCCCCCCCCCCCCCCC/C=C/C(O)C(COP(=O)([O-])OCC[N+](C)(C)C)NC(=O)CCCCCCCCCCCCCCCCCCCCCCCCCCCCC. The van der Waals surface area contributed by atoms with Crippen molar-refractivity contribution in [2.24, 2.45) is 0 Å². The fraction of sp³-hybridized carbons (Fsp3) is 0.951. The highest BCUT2D eigenvalue weighted by molar-refractivity contribution is 7.45. The molecule has 0 aromatic heterocycles. The third kappa shape index (κ3) is 55.0. The Morgan fingerprint density at radius 1 is 0.486 bits per heavy atom. The molecular formula is C61H123N2O6P. The maximum absolute atomic E-state index is 13.0. The Labute approximate surface area is 437 Å². The lowest BCUT2D eigenvalue weighted by molar-refractivity contribution is -0.870. The molecule has 0 aliphatic heterocycles. The standard InChI is InChI=1S/C61H123N2O6P/c1-6-8-10-12-14-16-18-20-22-24-26-28-29-30-31-32-33-35-37-39-41-43-45-47-49-51-53-55-61(65)62-59(58-69-70(66,67)68-57-56-63(3,4)5)60(64)54-52-50-48-46-44-42-40-38-36-34-27-25-23-21-19-17-15-13-11-9-7-2/h52,54,59-60,64H,6-51,53,55-58H2,1-5H3,(H-,62,65,66,67)/b54-52+. The lowest BCUT2D eigenvalue weighted by Gasteiger charge is -2.29. The Bertz CT molecular complexity index is 1150. The number of hydrogen-bond donors (Lipinski definition) is 2. The van der Waals surface area contributed by atoms with E-state index < -0.39 is 20.0 Å². The van der Waals surface area contributed by atoms with Crippen molar-refractivity contribution >= 4 is 13.7 Å². The molecule has 418 valence electrons. The van der Waals surface area contributed by atoms with Crippen LogP contribution in [-0.2, 0) is 18.4 Å². The van der Waals surface area contributed by atoms with Gasteiger partial charge in [0.1, 0.15) is 13.2 Å². The second kappa shape index (κ2) is 53.1. The number of quaternary nitrogens is 1. The number of nitrogens with zero attached hydrogens (tertiary/aromatic N) is 1. The van der Waals surface area contributed by atoms with E-state index in [0.717, 1.165) is 38.5 Å². The van der Waals surface area contributed by atoms with E-state index >= 15 is 0 Å². The molecule has 0 aromatic rings. The van der Waals surface area contributed by atoms with Crippen LogP contribution < -0.4 is 10.2 Å². The predicted octanol–water partition coefficient (Wildman–Crippen LogP) is 18.4. The zero-order valence-electron chi connectivity index (χ0n) is 47.8. The first kappa shape index (κ1) is 69.2. The molecule has 0 rings (SSSR count). The van der Waals surface area contributed by atoms with E-state index in [-0.39, 0.29) is 19.1 Å². The Hall–Kier alpha value is -0.760. The largest absolute Gasteiger partial charge is 0.756 e. The van der Waals surface area contributed by atoms with Gasteiger partial charge in [0.05, 0.1) is 39.9 Å². The summed E-state index contributed by atoms with van der Waals surface area (Å²) in [5.74, 6) is -0.189. The van der Waals surface area contributed by atoms with Gasteiger partial charge in [-0.3, -0.25) is 9.36 Å². The lowest BCUT2D eigenvalue weighted by atomic mass is 10.0. The maximum atomic E-state index is 13.0. The van der Waals surface area contributed by atoms with Crippen molar-refractivity contribution in [1.82, 2.24) is 5.32 Å². The molecule has 8 nitrogen and oxygen atoms in total. The fourth-order valence-electron chi connectivity index (χ4n) is 9.63. The number of unbranched alkanes of at least 4 members (excludes halogenated alkanes) is 45. The van der Waals surface area contributed by atoms with Gasteiger partial charge in [0, 0.05) is 6.42 Å². The molecule has 0 fully saturated rings. The Morgan fingerprint density at radius 3 is 1.07 bits per heavy atom. The van der Waals surface area contributed by atoms with Gasteiger partial charge in [-0.1, -0.05) is 309 Å². The summed E-state index contributed by atoms with van der Waals surface area (Å²) in [6.07, 6.45) is 65.9. The summed E-state index contributed by atoms with van der Waals surface area (Å²) < 4.78 is 23.4. The summed E-state index contributed by atoms with van der Waals surface area (Å²) in [7, 11) is 1.28. The average Bonchev–Trinajstić information content (AvgIpc) is 3.32. The fourth-order valence-corrected chi connectivity index (χ4v) is 10.4. The first-order chi connectivity index (χ1) is 34.0. The van der Waals surface area contributed by atoms with Crippen LogP contribution in [0.15, 0.2) is 12.2 Å². The molecule has 1 amide bonds. The number of carbonyl (C=O) groups excluding carboxylic acids is 1. The molecule has 0 aliphatic carbocycles. The summed E-state index contributed by atoms with van der Waals surface area (Å²) in [6, 6.07) is -0.882. The van der Waals surface area contributed by atoms with Crippen LogP contribution >= 0.6 is 7.82 Å². The molecule has 0 saturated carbocycles. The first-order valence-electron chi connectivity index (χ1n) is 31.1. The normalized spacial score (nSPS) is 13.9. The number of rotatable bonds is 58. The minimum absolute atomic E-state index is 0.00281. The average molecular weight is 1010 g/mol. The van der Waals surface area contributed by atoms with Gasteiger partial charge >= 0.3 is 0 Å². The number of phosphoric ester groups is 1. The Morgan fingerprint density at radius 2 is 0.771 bits per heavy atom. The van der Waals surface area contributed by atoms with Crippen molar-refractivity contribution in [1.29, 1.82) is 0 Å². The molecule has 2 N–H and O–H groups in total. The lowest BCUT2D eigenvalue weighted by Crippen LogP contribution is -2.45. The van der Waals surface area contributed by atoms with E-state index in [1.165, 1.54) is 263 Å². The predicted molar refractivity (Wildman–Crippen MR) is 302 cm³/mol. The van der Waals surface area contributed by atoms with E-state index in [1.807, 2.05) is 27.2 Å². The molecule has 3 atom stereocenters. The number of phosphoric acid groups is 1. The molecule has 0 saturated heterocycles. The van der Waals surface area contributed by atoms with Crippen LogP contribution in [0.5, 0.6) is 0 Å². The molecule has 0 bridgehead atoms. The van der Waals surface area contributed by atoms with E-state index in [4.69, 9.17) is 9.05 Å². The molecule has 0 aromatic carbocycles. The molecule has 0 aliphatic rings. The van der Waals surface area contributed by atoms with Crippen LogP contribution in [0, 0.1) is 0 Å². The topological polar surface area (TPSA) is 108 Å². The zero-order valence-corrected chi connectivity index (χ0v) is 48.6. The van der Waals surface area contributed by atoms with Gasteiger partial charge in [-0.2, -0.15) is 0 Å². The third-order valence-corrected chi connectivity index (χ3v) is 15.5. The molecule has 70 heavy (non-hydrogen) atoms. The van der Waals surface area contributed by atoms with E-state index in [9.17, 15) is 19.4 Å². The van der Waals surface area contributed by atoms with Crippen LogP contribution in [-0.4, -0.2) is 68.5 Å². The van der Waals surface area contributed by atoms with Gasteiger partial charge in [0.15, 0.2) is 0 Å². The van der Waals surface area contributed by atoms with Crippen molar-refractivity contribution in [3.63, 3.8) is 0 Å². The van der Waals surface area contributed by atoms with Crippen molar-refractivity contribution < 1.29 is 32.9 Å². The summed E-state index contributed by atoms with van der Waals surface area (Å²) in [5, 5.41) is 13.9. The Kier molecular flexibility index (Phi) is 52.5. The summed E-state index contributed by atoms with van der Waals surface area (Å²) in [6.45, 7) is 4.71. The molecule has 0 heterocycles. The molecule has 0 spiro atoms. The van der Waals surface area contributed by atoms with Gasteiger partial charge in [-0.05, 0) is 19.3 Å². The van der Waals surface area contributed by atoms with Crippen molar-refractivity contribution in [3.05, 3.63) is 12.2 Å². The maximum Gasteiger partial charge on any atom is 0.268 e. The monoisotopic (exact) mass is 1010 g/mol. The molecular weight excluding hydrogens is 888 g/mol. The third-order valence-electron chi connectivity index (χ3n) is 14.5. The van der Waals surface area contributed by atoms with Crippen LogP contribution in [0.1, 0.15) is 322 Å². The highest BCUT2D eigenvalue weighted by Crippen LogP contribution is 2.38. The van der Waals surface area contributed by atoms with E-state index in [1.54, 1.807) is 6.08 Å². The van der Waals surface area contributed by atoms with Gasteiger partial charge in [0.2, 0.25) is 5.91 Å². The number of nitrogens with one attached hydrogen (secondary N) is 1. The summed E-state index contributed by atoms with van der Waals surface area (Å²) in [4.78, 5) is 25.5. The van der Waals surface area contributed by atoms with Crippen molar-refractivity contribution in [3.8, 4) is 0 Å². The smallest absolute Gasteiger partial charge is 0.268 e. The minimum Gasteiger partial charge on any atom is -0.756 e. The number of amides is 1. The second-order valence-corrected chi connectivity index (χ2v) is 24.2. The number of aliphatic hydroxyl groups is 1. The summed E-state index contributed by atoms with van der Waals surface area (Å²) >= 11 is 0. The number of carbonyl (C=O) groups is 1. The molecule has 0 radical (unpaired) electrons. The van der Waals surface area contributed by atoms with Crippen LogP contribution in [0.25, 0.3) is 0 Å². The van der Waals surface area contributed by atoms with Crippen molar-refractivity contribution in [2.45, 2.75) is 334 Å². The van der Waals surface area contributed by atoms with Gasteiger partial charge in [-0.25, -0.2) is 0 Å². The quantitative estimate of drug-likeness (QED) is 0.0272. The summed E-state index contributed by atoms with van der Waals surface area (Å²) in [5.41, 5.74) is 0. The molecule has 3 unspecified atom stereocenters. The minimum atomic E-state index is -4.59. The van der Waals surface area contributed by atoms with Gasteiger partial charge in [0.25, 0.3) is 7.82 Å². The van der Waals surface area contributed by atoms with Crippen LogP contribution in [0.3, 0.4) is 0 Å². The number of allylic oxidation sites excluding steroid dienone is 1. The highest BCUT2D eigenvalue weighted by Gasteiger charge is 2.23. The zero-order chi connectivity index (χ0) is 51.3. The van der Waals surface area contributed by atoms with Gasteiger partial charge < -0.3 is 28.8 Å². The second-order valence-electron chi connectivity index (χ2n) is 22.8. The highest BCUT2D eigenvalue weighted by atomic mass is 31.2. The van der Waals surface area contributed by atoms with E-state index in [0.29, 0.717) is 17.4 Å². The number of hydrogen-bond acceptors (Lipinski definition) is 6. The van der Waals surface area contributed by atoms with Crippen LogP contribution in [0.2, 0.25) is 0 Å². The van der Waals surface area contributed by atoms with Gasteiger partial charge in [-0.15, -0.1) is 0 Å². The van der Waals surface area contributed by atoms with Crippen LogP contribution in [0.4, 0.5) is 0 Å². The Balaban J connectivity index is 4.10.